The van der Waals surface area contributed by atoms with Crippen LogP contribution in [0.2, 0.25) is 0 Å². The Balaban J connectivity index is 2.07. The molecule has 1 aromatic heterocycles. The lowest BCUT2D eigenvalue weighted by Crippen LogP contribution is -2.04. The maximum Gasteiger partial charge on any atom is 0.223 e. The lowest BCUT2D eigenvalue weighted by atomic mass is 10.2. The number of nitrogens with two attached hydrogens (primary N) is 1. The zero-order valence-corrected chi connectivity index (χ0v) is 11.0. The number of nitrogens with zero attached hydrogens (tertiary/aromatic N) is 3. The maximum atomic E-state index is 13.2. The molecule has 0 bridgehead atoms. The molecule has 1 aromatic carbocycles. The summed E-state index contributed by atoms with van der Waals surface area (Å²) in [5.41, 5.74) is 6.40. The van der Waals surface area contributed by atoms with Gasteiger partial charge in [0.25, 0.3) is 0 Å². The fraction of sp³-hybridized carbons (Fsp3) is 0.250. The molecular formula is C12H10BrFN4. The van der Waals surface area contributed by atoms with Crippen LogP contribution >= 0.6 is 15.9 Å². The zero-order chi connectivity index (χ0) is 12.7. The van der Waals surface area contributed by atoms with E-state index in [2.05, 4.69) is 30.9 Å². The number of hydrogen-bond acceptors (Lipinski definition) is 4. The van der Waals surface area contributed by atoms with Gasteiger partial charge in [0.1, 0.15) is 11.6 Å². The highest BCUT2D eigenvalue weighted by Crippen LogP contribution is 2.38. The monoisotopic (exact) mass is 308 g/mol. The third-order valence-corrected chi connectivity index (χ3v) is 3.40. The Morgan fingerprint density at radius 1 is 1.22 bits per heavy atom. The molecule has 1 aliphatic carbocycles. The molecule has 0 amide bonds. The predicted octanol–water partition coefficient (Wildman–Crippen LogP) is 2.90. The van der Waals surface area contributed by atoms with Crippen LogP contribution in [0, 0.1) is 5.82 Å². The summed E-state index contributed by atoms with van der Waals surface area (Å²) in [6.07, 6.45) is 2.19. The normalized spacial score (nSPS) is 14.8. The molecule has 0 saturated heterocycles. The van der Waals surface area contributed by atoms with E-state index < -0.39 is 0 Å². The van der Waals surface area contributed by atoms with Gasteiger partial charge in [-0.05, 0) is 47.0 Å². The lowest BCUT2D eigenvalue weighted by Gasteiger charge is -2.05. The summed E-state index contributed by atoms with van der Waals surface area (Å²) >= 11 is 3.14. The van der Waals surface area contributed by atoms with E-state index in [0.29, 0.717) is 16.2 Å². The average molecular weight is 309 g/mol. The third-order valence-electron chi connectivity index (χ3n) is 2.79. The first-order chi connectivity index (χ1) is 8.63. The summed E-state index contributed by atoms with van der Waals surface area (Å²) in [6, 6.07) is 4.64. The second kappa shape index (κ2) is 4.28. The van der Waals surface area contributed by atoms with Crippen molar-refractivity contribution in [3.63, 3.8) is 0 Å². The molecule has 0 atom stereocenters. The van der Waals surface area contributed by atoms with Gasteiger partial charge < -0.3 is 5.73 Å². The van der Waals surface area contributed by atoms with E-state index in [1.54, 1.807) is 12.1 Å². The Hall–Kier alpha value is -1.56. The molecule has 0 radical (unpaired) electrons. The third kappa shape index (κ3) is 2.20. The van der Waals surface area contributed by atoms with Gasteiger partial charge in [-0.15, -0.1) is 0 Å². The fourth-order valence-electron chi connectivity index (χ4n) is 1.70. The van der Waals surface area contributed by atoms with Crippen molar-refractivity contribution < 1.29 is 4.39 Å². The van der Waals surface area contributed by atoms with Gasteiger partial charge in [-0.25, -0.2) is 9.37 Å². The van der Waals surface area contributed by atoms with Crippen LogP contribution in [-0.2, 0) is 0 Å². The number of aromatic nitrogens is 3. The van der Waals surface area contributed by atoms with Crippen molar-refractivity contribution in [2.75, 3.05) is 5.73 Å². The maximum absolute atomic E-state index is 13.2. The quantitative estimate of drug-likeness (QED) is 0.926. The lowest BCUT2D eigenvalue weighted by molar-refractivity contribution is 0.621. The molecule has 18 heavy (non-hydrogen) atoms. The first-order valence-corrected chi connectivity index (χ1v) is 6.39. The van der Waals surface area contributed by atoms with Gasteiger partial charge in [-0.1, -0.05) is 0 Å². The number of benzene rings is 1. The molecule has 92 valence electrons. The van der Waals surface area contributed by atoms with E-state index in [4.69, 9.17) is 5.73 Å². The molecule has 1 fully saturated rings. The van der Waals surface area contributed by atoms with Gasteiger partial charge in [-0.3, -0.25) is 0 Å². The van der Waals surface area contributed by atoms with E-state index >= 15 is 0 Å². The van der Waals surface area contributed by atoms with Crippen LogP contribution in [0.1, 0.15) is 24.6 Å². The van der Waals surface area contributed by atoms with Crippen LogP contribution in [0.4, 0.5) is 10.3 Å². The van der Waals surface area contributed by atoms with Gasteiger partial charge in [0.2, 0.25) is 5.95 Å². The van der Waals surface area contributed by atoms with E-state index in [-0.39, 0.29) is 11.8 Å². The molecule has 0 unspecified atom stereocenters. The van der Waals surface area contributed by atoms with Crippen molar-refractivity contribution in [2.45, 2.75) is 18.8 Å². The smallest absolute Gasteiger partial charge is 0.223 e. The standard InChI is InChI=1S/C12H10BrFN4/c13-8-5-7(3-4-9(8)14)11-16-10(6-1-2-6)17-12(15)18-11/h3-6H,1-2H2,(H2,15,16,17,18). The summed E-state index contributed by atoms with van der Waals surface area (Å²) in [4.78, 5) is 12.6. The van der Waals surface area contributed by atoms with Crippen molar-refractivity contribution >= 4 is 21.9 Å². The highest BCUT2D eigenvalue weighted by Gasteiger charge is 2.27. The largest absolute Gasteiger partial charge is 0.368 e. The Morgan fingerprint density at radius 3 is 2.67 bits per heavy atom. The van der Waals surface area contributed by atoms with Crippen LogP contribution < -0.4 is 5.73 Å². The van der Waals surface area contributed by atoms with Gasteiger partial charge >= 0.3 is 0 Å². The highest BCUT2D eigenvalue weighted by atomic mass is 79.9. The van der Waals surface area contributed by atoms with Crippen molar-refractivity contribution in [1.82, 2.24) is 15.0 Å². The Labute approximate surface area is 112 Å². The summed E-state index contributed by atoms with van der Waals surface area (Å²) in [5, 5.41) is 0. The molecule has 6 heteroatoms. The summed E-state index contributed by atoms with van der Waals surface area (Å²) in [6.45, 7) is 0. The molecule has 1 aliphatic rings. The molecule has 2 aromatic rings. The van der Waals surface area contributed by atoms with E-state index in [1.165, 1.54) is 6.07 Å². The van der Waals surface area contributed by atoms with Crippen LogP contribution in [-0.4, -0.2) is 15.0 Å². The minimum atomic E-state index is -0.316. The number of rotatable bonds is 2. The van der Waals surface area contributed by atoms with Gasteiger partial charge in [0.05, 0.1) is 4.47 Å². The molecule has 0 spiro atoms. The predicted molar refractivity (Wildman–Crippen MR) is 69.3 cm³/mol. The van der Waals surface area contributed by atoms with Crippen molar-refractivity contribution in [3.05, 3.63) is 34.3 Å². The second-order valence-corrected chi connectivity index (χ2v) is 5.13. The first kappa shape index (κ1) is 11.5. The fourth-order valence-corrected chi connectivity index (χ4v) is 2.08. The average Bonchev–Trinajstić information content (AvgIpc) is 3.16. The van der Waals surface area contributed by atoms with Crippen molar-refractivity contribution in [3.8, 4) is 11.4 Å². The molecule has 4 nitrogen and oxygen atoms in total. The molecule has 1 saturated carbocycles. The summed E-state index contributed by atoms with van der Waals surface area (Å²) < 4.78 is 13.6. The minimum Gasteiger partial charge on any atom is -0.368 e. The molecule has 0 aliphatic heterocycles. The van der Waals surface area contributed by atoms with Crippen LogP contribution in [0.5, 0.6) is 0 Å². The molecule has 2 N–H and O–H groups in total. The topological polar surface area (TPSA) is 64.7 Å². The van der Waals surface area contributed by atoms with E-state index in [9.17, 15) is 4.39 Å². The Kier molecular flexibility index (Phi) is 2.74. The second-order valence-electron chi connectivity index (χ2n) is 4.28. The Bertz CT molecular complexity index is 613. The first-order valence-electron chi connectivity index (χ1n) is 5.60. The van der Waals surface area contributed by atoms with E-state index in [1.807, 2.05) is 0 Å². The SMILES string of the molecule is Nc1nc(-c2ccc(F)c(Br)c2)nc(C2CC2)n1. The molecule has 1 heterocycles. The number of hydrogen-bond donors (Lipinski definition) is 1. The summed E-state index contributed by atoms with van der Waals surface area (Å²) in [5.74, 6) is 1.52. The number of anilines is 1. The van der Waals surface area contributed by atoms with Crippen molar-refractivity contribution in [2.24, 2.45) is 0 Å². The number of nitrogen functional groups attached to an aromatic ring is 1. The van der Waals surface area contributed by atoms with Crippen LogP contribution in [0.15, 0.2) is 22.7 Å². The minimum absolute atomic E-state index is 0.211. The van der Waals surface area contributed by atoms with Gasteiger partial charge in [-0.2, -0.15) is 9.97 Å². The summed E-state index contributed by atoms with van der Waals surface area (Å²) in [7, 11) is 0. The van der Waals surface area contributed by atoms with Crippen LogP contribution in [0.3, 0.4) is 0 Å². The van der Waals surface area contributed by atoms with Gasteiger partial charge in [0.15, 0.2) is 5.82 Å². The highest BCUT2D eigenvalue weighted by molar-refractivity contribution is 9.10. The molecule has 3 rings (SSSR count). The van der Waals surface area contributed by atoms with Crippen molar-refractivity contribution in [1.29, 1.82) is 0 Å². The molecular weight excluding hydrogens is 299 g/mol. The number of halogens is 2. The van der Waals surface area contributed by atoms with Gasteiger partial charge in [0, 0.05) is 11.5 Å². The van der Waals surface area contributed by atoms with Crippen LogP contribution in [0.25, 0.3) is 11.4 Å². The Morgan fingerprint density at radius 2 is 2.00 bits per heavy atom. The zero-order valence-electron chi connectivity index (χ0n) is 9.40. The van der Waals surface area contributed by atoms with E-state index in [0.717, 1.165) is 24.2 Å².